The molecule has 0 unspecified atom stereocenters. The number of allylic oxidation sites excluding steroid dienone is 2. The van der Waals surface area contributed by atoms with E-state index in [1.807, 2.05) is 26.1 Å². The summed E-state index contributed by atoms with van der Waals surface area (Å²) in [5, 5.41) is 9.28. The molecule has 26 heavy (non-hydrogen) atoms. The number of nitrogens with one attached hydrogen (secondary N) is 1. The molecule has 2 heterocycles. The third-order valence-corrected chi connectivity index (χ3v) is 5.98. The molecule has 0 radical (unpaired) electrons. The smallest absolute Gasteiger partial charge is 0.0854 e. The number of aliphatic imine (C=N–C) groups is 1. The summed E-state index contributed by atoms with van der Waals surface area (Å²) in [6, 6.07) is 4.40. The highest BCUT2D eigenvalue weighted by molar-refractivity contribution is 6.22. The average Bonchev–Trinajstić information content (AvgIpc) is 3.08. The van der Waals surface area contributed by atoms with E-state index in [1.54, 1.807) is 0 Å². The van der Waals surface area contributed by atoms with E-state index in [2.05, 4.69) is 19.1 Å². The van der Waals surface area contributed by atoms with E-state index in [-0.39, 0.29) is 0 Å². The number of fused-ring (bicyclic) bond motifs is 3. The molecule has 1 saturated carbocycles. The monoisotopic (exact) mass is 345 g/mol. The highest BCUT2D eigenvalue weighted by Crippen LogP contribution is 2.38. The van der Waals surface area contributed by atoms with Crippen LogP contribution in [-0.4, -0.2) is 16.4 Å². The molecule has 1 aromatic heterocycles. The fraction of sp³-hybridized carbons (Fsp3) is 0.435. The van der Waals surface area contributed by atoms with Crippen LogP contribution in [0, 0.1) is 18.3 Å². The van der Waals surface area contributed by atoms with Crippen molar-refractivity contribution in [2.75, 3.05) is 0 Å². The zero-order valence-electron chi connectivity index (χ0n) is 16.0. The second-order valence-corrected chi connectivity index (χ2v) is 7.75. The van der Waals surface area contributed by atoms with Gasteiger partial charge in [0, 0.05) is 23.2 Å². The predicted octanol–water partition coefficient (Wildman–Crippen LogP) is 6.20. The normalized spacial score (nSPS) is 18.1. The molecule has 0 atom stereocenters. The minimum absolute atomic E-state index is 0.596. The van der Waals surface area contributed by atoms with Gasteiger partial charge in [0.05, 0.1) is 17.4 Å². The molecule has 0 spiro atoms. The van der Waals surface area contributed by atoms with Crippen LogP contribution in [0.15, 0.2) is 29.4 Å². The molecular weight excluding hydrogens is 318 g/mol. The summed E-state index contributed by atoms with van der Waals surface area (Å²) in [5.41, 5.74) is 8.72. The standard InChI is InChI=1S/C23H27N3/c1-4-17(15(3)24)18-11-22-19(10-14(18)2)20-12-21(26-23(20)13-25-22)16-8-6-5-7-9-16/h4,10-11,13,16,24H,5-9,12H2,1-3H3/b17-4-,24-15?. The molecule has 1 aliphatic heterocycles. The van der Waals surface area contributed by atoms with Crippen molar-refractivity contribution in [2.45, 2.75) is 59.3 Å². The van der Waals surface area contributed by atoms with Crippen LogP contribution in [0.25, 0.3) is 16.5 Å². The lowest BCUT2D eigenvalue weighted by molar-refractivity contribution is 0.437. The summed E-state index contributed by atoms with van der Waals surface area (Å²) in [6.45, 7) is 5.98. The SMILES string of the molecule is C/C=C(/C(C)=N)c1cc2ncc3c(c2cc1C)CC(C1CCCCC1)=N3. The molecule has 3 nitrogen and oxygen atoms in total. The van der Waals surface area contributed by atoms with E-state index >= 15 is 0 Å². The van der Waals surface area contributed by atoms with Gasteiger partial charge in [0.2, 0.25) is 0 Å². The first kappa shape index (κ1) is 17.1. The maximum atomic E-state index is 8.05. The molecule has 2 aromatic rings. The van der Waals surface area contributed by atoms with Crippen LogP contribution in [0.1, 0.15) is 62.6 Å². The molecule has 1 aromatic carbocycles. The highest BCUT2D eigenvalue weighted by Gasteiger charge is 2.26. The Morgan fingerprint density at radius 1 is 1.19 bits per heavy atom. The predicted molar refractivity (Wildman–Crippen MR) is 111 cm³/mol. The van der Waals surface area contributed by atoms with Crippen molar-refractivity contribution < 1.29 is 0 Å². The molecule has 4 rings (SSSR count). The largest absolute Gasteiger partial charge is 0.305 e. The summed E-state index contributed by atoms with van der Waals surface area (Å²) in [4.78, 5) is 9.67. The van der Waals surface area contributed by atoms with Gasteiger partial charge in [-0.1, -0.05) is 25.3 Å². The van der Waals surface area contributed by atoms with Crippen molar-refractivity contribution in [3.05, 3.63) is 41.1 Å². The number of aryl methyl sites for hydroxylation is 1. The van der Waals surface area contributed by atoms with Gasteiger partial charge in [-0.15, -0.1) is 0 Å². The third-order valence-electron chi connectivity index (χ3n) is 5.98. The first-order valence-electron chi connectivity index (χ1n) is 9.80. The Kier molecular flexibility index (Phi) is 4.47. The lowest BCUT2D eigenvalue weighted by Crippen LogP contribution is -2.17. The van der Waals surface area contributed by atoms with Gasteiger partial charge in [-0.25, -0.2) is 0 Å². The number of hydrogen-bond donors (Lipinski definition) is 1. The lowest BCUT2D eigenvalue weighted by atomic mass is 9.84. The first-order valence-corrected chi connectivity index (χ1v) is 9.80. The zero-order chi connectivity index (χ0) is 18.3. The Bertz CT molecular complexity index is 944. The third kappa shape index (κ3) is 2.90. The van der Waals surface area contributed by atoms with E-state index in [0.29, 0.717) is 11.6 Å². The molecule has 1 N–H and O–H groups in total. The van der Waals surface area contributed by atoms with E-state index in [1.165, 1.54) is 54.3 Å². The molecule has 1 aliphatic carbocycles. The van der Waals surface area contributed by atoms with Crippen LogP contribution < -0.4 is 0 Å². The molecule has 3 heteroatoms. The Labute approximate surface area is 155 Å². The summed E-state index contributed by atoms with van der Waals surface area (Å²) < 4.78 is 0. The lowest BCUT2D eigenvalue weighted by Gasteiger charge is -2.21. The molecule has 0 bridgehead atoms. The van der Waals surface area contributed by atoms with Crippen molar-refractivity contribution in [1.29, 1.82) is 5.41 Å². The van der Waals surface area contributed by atoms with Gasteiger partial charge in [-0.2, -0.15) is 0 Å². The maximum absolute atomic E-state index is 8.05. The fourth-order valence-electron chi connectivity index (χ4n) is 4.58. The van der Waals surface area contributed by atoms with E-state index in [0.717, 1.165) is 28.8 Å². The minimum Gasteiger partial charge on any atom is -0.305 e. The second-order valence-electron chi connectivity index (χ2n) is 7.75. The quantitative estimate of drug-likeness (QED) is 0.662. The summed E-state index contributed by atoms with van der Waals surface area (Å²) in [6.07, 6.45) is 11.6. The van der Waals surface area contributed by atoms with E-state index in [4.69, 9.17) is 15.4 Å². The van der Waals surface area contributed by atoms with Crippen molar-refractivity contribution in [3.63, 3.8) is 0 Å². The number of nitrogens with zero attached hydrogens (tertiary/aromatic N) is 2. The molecule has 2 aliphatic rings. The van der Waals surface area contributed by atoms with Crippen molar-refractivity contribution >= 4 is 33.6 Å². The van der Waals surface area contributed by atoms with E-state index < -0.39 is 0 Å². The van der Waals surface area contributed by atoms with Crippen LogP contribution in [0.5, 0.6) is 0 Å². The Morgan fingerprint density at radius 2 is 1.96 bits per heavy atom. The van der Waals surface area contributed by atoms with Crippen LogP contribution in [-0.2, 0) is 6.42 Å². The van der Waals surface area contributed by atoms with Crippen LogP contribution in [0.2, 0.25) is 0 Å². The van der Waals surface area contributed by atoms with Gasteiger partial charge in [-0.3, -0.25) is 9.98 Å². The Hall–Kier alpha value is -2.29. The van der Waals surface area contributed by atoms with Gasteiger partial charge >= 0.3 is 0 Å². The van der Waals surface area contributed by atoms with Crippen LogP contribution >= 0.6 is 0 Å². The van der Waals surface area contributed by atoms with Gasteiger partial charge in [0.1, 0.15) is 0 Å². The summed E-state index contributed by atoms with van der Waals surface area (Å²) >= 11 is 0. The summed E-state index contributed by atoms with van der Waals surface area (Å²) in [5.74, 6) is 0.668. The molecule has 1 fully saturated rings. The van der Waals surface area contributed by atoms with Crippen LogP contribution in [0.4, 0.5) is 5.69 Å². The molecular formula is C23H27N3. The van der Waals surface area contributed by atoms with Crippen LogP contribution in [0.3, 0.4) is 0 Å². The molecule has 0 amide bonds. The molecule has 134 valence electrons. The molecule has 0 saturated heterocycles. The number of pyridine rings is 1. The first-order chi connectivity index (χ1) is 12.6. The van der Waals surface area contributed by atoms with Crippen molar-refractivity contribution in [2.24, 2.45) is 10.9 Å². The van der Waals surface area contributed by atoms with Crippen molar-refractivity contribution in [1.82, 2.24) is 4.98 Å². The number of benzene rings is 1. The Morgan fingerprint density at radius 3 is 2.65 bits per heavy atom. The van der Waals surface area contributed by atoms with Gasteiger partial charge < -0.3 is 5.41 Å². The maximum Gasteiger partial charge on any atom is 0.0854 e. The number of rotatable bonds is 3. The van der Waals surface area contributed by atoms with Gasteiger partial charge in [-0.05, 0) is 73.9 Å². The fourth-order valence-corrected chi connectivity index (χ4v) is 4.58. The highest BCUT2D eigenvalue weighted by atomic mass is 14.8. The summed E-state index contributed by atoms with van der Waals surface area (Å²) in [7, 11) is 0. The van der Waals surface area contributed by atoms with Gasteiger partial charge in [0.15, 0.2) is 0 Å². The Balaban J connectivity index is 1.74. The minimum atomic E-state index is 0.596. The number of hydrogen-bond acceptors (Lipinski definition) is 3. The number of aromatic nitrogens is 1. The van der Waals surface area contributed by atoms with Gasteiger partial charge in [0.25, 0.3) is 0 Å². The topological polar surface area (TPSA) is 49.1 Å². The second kappa shape index (κ2) is 6.79. The zero-order valence-corrected chi connectivity index (χ0v) is 16.0. The van der Waals surface area contributed by atoms with E-state index in [9.17, 15) is 0 Å². The average molecular weight is 345 g/mol. The van der Waals surface area contributed by atoms with Crippen molar-refractivity contribution in [3.8, 4) is 0 Å².